The Hall–Kier alpha value is -2.67. The molecular formula is C21H26N4O6S2. The molecule has 0 aliphatic carbocycles. The second kappa shape index (κ2) is 10.5. The first-order valence-corrected chi connectivity index (χ1v) is 12.7. The van der Waals surface area contributed by atoms with E-state index in [0.717, 1.165) is 11.3 Å². The number of Topliss-reactive ketones (excluding diaryl/α,β-unsaturated/α-hetero) is 1. The predicted molar refractivity (Wildman–Crippen MR) is 123 cm³/mol. The fourth-order valence-electron chi connectivity index (χ4n) is 3.17. The number of morpholine rings is 1. The molecule has 1 aromatic heterocycles. The molecule has 1 fully saturated rings. The fourth-order valence-corrected chi connectivity index (χ4v) is 5.38. The van der Waals surface area contributed by atoms with Crippen LogP contribution in [0.5, 0.6) is 0 Å². The maximum atomic E-state index is 12.9. The molecule has 0 spiro atoms. The number of ketones is 1. The van der Waals surface area contributed by atoms with Crippen LogP contribution in [-0.4, -0.2) is 67.6 Å². The van der Waals surface area contributed by atoms with Crippen LogP contribution in [0.2, 0.25) is 0 Å². The minimum absolute atomic E-state index is 0.00199. The van der Waals surface area contributed by atoms with Crippen molar-refractivity contribution in [3.63, 3.8) is 0 Å². The number of nitrogens with one attached hydrogen (secondary N) is 2. The smallest absolute Gasteiger partial charge is 0.251 e. The van der Waals surface area contributed by atoms with E-state index in [0.29, 0.717) is 13.2 Å². The van der Waals surface area contributed by atoms with Crippen LogP contribution in [0.25, 0.3) is 0 Å². The molecular weight excluding hydrogens is 468 g/mol. The van der Waals surface area contributed by atoms with Gasteiger partial charge in [-0.3, -0.25) is 14.4 Å². The molecule has 178 valence electrons. The summed E-state index contributed by atoms with van der Waals surface area (Å²) in [6.45, 7) is 6.05. The molecule has 0 saturated carbocycles. The van der Waals surface area contributed by atoms with E-state index < -0.39 is 27.9 Å². The molecule has 2 amide bonds. The maximum absolute atomic E-state index is 12.9. The Labute approximate surface area is 196 Å². The van der Waals surface area contributed by atoms with Crippen LogP contribution in [0.15, 0.2) is 34.5 Å². The molecule has 1 aromatic carbocycles. The van der Waals surface area contributed by atoms with Gasteiger partial charge in [0.25, 0.3) is 5.91 Å². The lowest BCUT2D eigenvalue weighted by molar-refractivity contribution is -0.118. The van der Waals surface area contributed by atoms with Crippen molar-refractivity contribution >= 4 is 44.1 Å². The van der Waals surface area contributed by atoms with Crippen molar-refractivity contribution in [1.29, 1.82) is 0 Å². The van der Waals surface area contributed by atoms with Gasteiger partial charge in [0.15, 0.2) is 10.9 Å². The highest BCUT2D eigenvalue weighted by Crippen LogP contribution is 2.20. The number of carbonyl (C=O) groups is 3. The molecule has 0 bridgehead atoms. The Kier molecular flexibility index (Phi) is 7.95. The number of hydrogen-bond donors (Lipinski definition) is 2. The van der Waals surface area contributed by atoms with Crippen LogP contribution >= 0.6 is 11.3 Å². The summed E-state index contributed by atoms with van der Waals surface area (Å²) in [6.07, 6.45) is 0. The average molecular weight is 495 g/mol. The van der Waals surface area contributed by atoms with Gasteiger partial charge in [0, 0.05) is 31.0 Å². The lowest BCUT2D eigenvalue weighted by Crippen LogP contribution is -2.47. The monoisotopic (exact) mass is 494 g/mol. The van der Waals surface area contributed by atoms with Gasteiger partial charge in [-0.25, -0.2) is 13.4 Å². The van der Waals surface area contributed by atoms with Crippen LogP contribution < -0.4 is 10.6 Å². The predicted octanol–water partition coefficient (Wildman–Crippen LogP) is 1.76. The topological polar surface area (TPSA) is 135 Å². The number of rotatable bonds is 8. The van der Waals surface area contributed by atoms with Crippen molar-refractivity contribution in [2.45, 2.75) is 31.7 Å². The van der Waals surface area contributed by atoms with Gasteiger partial charge in [0.1, 0.15) is 11.7 Å². The Morgan fingerprint density at radius 2 is 1.88 bits per heavy atom. The summed E-state index contributed by atoms with van der Waals surface area (Å²) in [5, 5.41) is 7.09. The van der Waals surface area contributed by atoms with Crippen LogP contribution in [0, 0.1) is 5.92 Å². The molecule has 10 nitrogen and oxygen atoms in total. The van der Waals surface area contributed by atoms with Gasteiger partial charge in [-0.2, -0.15) is 4.31 Å². The summed E-state index contributed by atoms with van der Waals surface area (Å²) in [7, 11) is -3.76. The van der Waals surface area contributed by atoms with E-state index in [1.165, 1.54) is 35.5 Å². The highest BCUT2D eigenvalue weighted by Gasteiger charge is 2.29. The zero-order valence-corrected chi connectivity index (χ0v) is 20.2. The highest BCUT2D eigenvalue weighted by molar-refractivity contribution is 7.89. The largest absolute Gasteiger partial charge is 0.379 e. The third-order valence-electron chi connectivity index (χ3n) is 5.03. The third-order valence-corrected chi connectivity index (χ3v) is 7.69. The molecule has 2 heterocycles. The van der Waals surface area contributed by atoms with Crippen LogP contribution in [0.4, 0.5) is 5.13 Å². The van der Waals surface area contributed by atoms with Crippen molar-refractivity contribution in [2.75, 3.05) is 31.6 Å². The number of sulfonamides is 1. The summed E-state index contributed by atoms with van der Waals surface area (Å²) < 4.78 is 32.3. The number of aromatic nitrogens is 1. The molecule has 1 atom stereocenters. The van der Waals surface area contributed by atoms with Crippen molar-refractivity contribution in [2.24, 2.45) is 5.92 Å². The van der Waals surface area contributed by atoms with Gasteiger partial charge in [0.05, 0.1) is 18.1 Å². The molecule has 0 unspecified atom stereocenters. The number of thiazole rings is 1. The van der Waals surface area contributed by atoms with Crippen LogP contribution in [-0.2, 0) is 19.6 Å². The second-order valence-electron chi connectivity index (χ2n) is 7.82. The fraction of sp³-hybridized carbons (Fsp3) is 0.429. The van der Waals surface area contributed by atoms with Gasteiger partial charge in [-0.15, -0.1) is 11.3 Å². The minimum atomic E-state index is -3.76. The Balaban J connectivity index is 1.74. The lowest BCUT2D eigenvalue weighted by Gasteiger charge is -2.26. The quantitative estimate of drug-likeness (QED) is 0.534. The molecule has 12 heteroatoms. The summed E-state index contributed by atoms with van der Waals surface area (Å²) in [5.74, 6) is -1.54. The van der Waals surface area contributed by atoms with Crippen molar-refractivity contribution < 1.29 is 27.5 Å². The second-order valence-corrected chi connectivity index (χ2v) is 10.6. The molecule has 33 heavy (non-hydrogen) atoms. The standard InChI is InChI=1S/C21H26N4O6S2/c1-13(2)18(20(28)24-21-22-17(12-32-21)14(3)26)23-19(27)15-5-4-6-16(11-15)33(29,30)25-7-9-31-10-8-25/h4-6,11-13,18H,7-10H2,1-3H3,(H,23,27)(H,22,24,28)/t18-/m0/s1. The first-order valence-electron chi connectivity index (χ1n) is 10.4. The summed E-state index contributed by atoms with van der Waals surface area (Å²) >= 11 is 1.11. The minimum Gasteiger partial charge on any atom is -0.379 e. The number of ether oxygens (including phenoxy) is 1. The normalized spacial score (nSPS) is 15.8. The number of anilines is 1. The zero-order valence-electron chi connectivity index (χ0n) is 18.5. The Bertz CT molecular complexity index is 1140. The lowest BCUT2D eigenvalue weighted by atomic mass is 10.0. The number of amides is 2. The molecule has 1 saturated heterocycles. The molecule has 0 radical (unpaired) electrons. The summed E-state index contributed by atoms with van der Waals surface area (Å²) in [6, 6.07) is 4.81. The number of benzene rings is 1. The van der Waals surface area contributed by atoms with Gasteiger partial charge in [0.2, 0.25) is 15.9 Å². The van der Waals surface area contributed by atoms with E-state index >= 15 is 0 Å². The van der Waals surface area contributed by atoms with E-state index in [-0.39, 0.29) is 46.1 Å². The van der Waals surface area contributed by atoms with E-state index in [4.69, 9.17) is 4.74 Å². The van der Waals surface area contributed by atoms with Crippen LogP contribution in [0.1, 0.15) is 41.6 Å². The van der Waals surface area contributed by atoms with Gasteiger partial charge in [-0.05, 0) is 24.1 Å². The number of nitrogens with zero attached hydrogens (tertiary/aromatic N) is 2. The van der Waals surface area contributed by atoms with Crippen molar-refractivity contribution in [1.82, 2.24) is 14.6 Å². The maximum Gasteiger partial charge on any atom is 0.251 e. The van der Waals surface area contributed by atoms with Gasteiger partial charge >= 0.3 is 0 Å². The molecule has 2 aromatic rings. The van der Waals surface area contributed by atoms with Gasteiger partial charge < -0.3 is 15.4 Å². The van der Waals surface area contributed by atoms with Gasteiger partial charge in [-0.1, -0.05) is 19.9 Å². The van der Waals surface area contributed by atoms with E-state index in [1.54, 1.807) is 19.2 Å². The summed E-state index contributed by atoms with van der Waals surface area (Å²) in [5.41, 5.74) is 0.370. The number of hydrogen-bond acceptors (Lipinski definition) is 8. The first kappa shape index (κ1) is 25.0. The Morgan fingerprint density at radius 1 is 1.18 bits per heavy atom. The van der Waals surface area contributed by atoms with Crippen LogP contribution in [0.3, 0.4) is 0 Å². The third kappa shape index (κ3) is 6.02. The SMILES string of the molecule is CC(=O)c1csc(NC(=O)[C@@H](NC(=O)c2cccc(S(=O)(=O)N3CCOCC3)c2)C(C)C)n1. The molecule has 1 aliphatic heterocycles. The van der Waals surface area contributed by atoms with Crippen molar-refractivity contribution in [3.05, 3.63) is 40.9 Å². The van der Waals surface area contributed by atoms with Crippen molar-refractivity contribution in [3.8, 4) is 0 Å². The first-order chi connectivity index (χ1) is 15.6. The van der Waals surface area contributed by atoms with E-state index in [2.05, 4.69) is 15.6 Å². The average Bonchev–Trinajstić information content (AvgIpc) is 3.26. The zero-order chi connectivity index (χ0) is 24.2. The number of carbonyl (C=O) groups excluding carboxylic acids is 3. The highest BCUT2D eigenvalue weighted by atomic mass is 32.2. The molecule has 1 aliphatic rings. The Morgan fingerprint density at radius 3 is 2.48 bits per heavy atom. The van der Waals surface area contributed by atoms with E-state index in [1.807, 2.05) is 0 Å². The molecule has 2 N–H and O–H groups in total. The summed E-state index contributed by atoms with van der Waals surface area (Å²) in [4.78, 5) is 41.1. The van der Waals surface area contributed by atoms with E-state index in [9.17, 15) is 22.8 Å². The molecule has 3 rings (SSSR count).